The van der Waals surface area contributed by atoms with Gasteiger partial charge in [-0.15, -0.1) is 5.10 Å². The van der Waals surface area contributed by atoms with Gasteiger partial charge in [0.25, 0.3) is 0 Å². The van der Waals surface area contributed by atoms with Crippen molar-refractivity contribution in [1.29, 1.82) is 0 Å². The summed E-state index contributed by atoms with van der Waals surface area (Å²) in [5.41, 5.74) is 2.45. The van der Waals surface area contributed by atoms with Crippen LogP contribution in [0.3, 0.4) is 0 Å². The highest BCUT2D eigenvalue weighted by molar-refractivity contribution is 9.10. The molecule has 0 atom stereocenters. The highest BCUT2D eigenvalue weighted by atomic mass is 79.9. The van der Waals surface area contributed by atoms with Crippen LogP contribution in [0.1, 0.15) is 24.3 Å². The van der Waals surface area contributed by atoms with Gasteiger partial charge >= 0.3 is 0 Å². The second-order valence-electron chi connectivity index (χ2n) is 9.78. The molecule has 3 aromatic rings. The molecule has 10 heteroatoms. The fourth-order valence-electron chi connectivity index (χ4n) is 4.03. The van der Waals surface area contributed by atoms with Gasteiger partial charge in [-0.1, -0.05) is 50.0 Å². The zero-order valence-electron chi connectivity index (χ0n) is 19.4. The van der Waals surface area contributed by atoms with Gasteiger partial charge < -0.3 is 4.74 Å². The summed E-state index contributed by atoms with van der Waals surface area (Å²) >= 11 is 3.49. The minimum Gasteiger partial charge on any atom is -0.358 e. The Balaban J connectivity index is 1.46. The maximum atomic E-state index is 13.4. The molecule has 1 aliphatic rings. The van der Waals surface area contributed by atoms with E-state index in [-0.39, 0.29) is 11.6 Å². The average molecular weight is 552 g/mol. The van der Waals surface area contributed by atoms with Gasteiger partial charge in [0.15, 0.2) is 6.73 Å². The van der Waals surface area contributed by atoms with E-state index in [0.717, 1.165) is 18.9 Å². The lowest BCUT2D eigenvalue weighted by Crippen LogP contribution is -2.37. The van der Waals surface area contributed by atoms with Crippen LogP contribution in [0.15, 0.2) is 51.8 Å². The molecule has 1 aromatic heterocycles. The summed E-state index contributed by atoms with van der Waals surface area (Å²) in [5.74, 6) is 0.396. The van der Waals surface area contributed by atoms with E-state index in [1.807, 2.05) is 18.2 Å². The molecule has 1 fully saturated rings. The second-order valence-corrected chi connectivity index (χ2v) is 18.2. The first-order valence-corrected chi connectivity index (χ1v) is 17.2. The first-order valence-electron chi connectivity index (χ1n) is 11.3. The van der Waals surface area contributed by atoms with Crippen LogP contribution < -0.4 is 0 Å². The Hall–Kier alpha value is -1.59. The van der Waals surface area contributed by atoms with Crippen molar-refractivity contribution in [3.63, 3.8) is 0 Å². The molecule has 7 nitrogen and oxygen atoms in total. The van der Waals surface area contributed by atoms with Crippen molar-refractivity contribution in [1.82, 2.24) is 19.3 Å². The molecule has 0 N–H and O–H groups in total. The van der Waals surface area contributed by atoms with E-state index in [4.69, 9.17) is 4.74 Å². The van der Waals surface area contributed by atoms with Crippen LogP contribution in [0.25, 0.3) is 11.0 Å². The van der Waals surface area contributed by atoms with Gasteiger partial charge in [0.2, 0.25) is 10.0 Å². The van der Waals surface area contributed by atoms with E-state index in [2.05, 4.69) is 57.9 Å². The lowest BCUT2D eigenvalue weighted by molar-refractivity contribution is 0.0692. The fraction of sp³-hybridized carbons (Fsp3) is 0.478. The number of ether oxygens (including phenoxy) is 1. The lowest BCUT2D eigenvalue weighted by Gasteiger charge is -2.31. The highest BCUT2D eigenvalue weighted by Crippen LogP contribution is 2.32. The van der Waals surface area contributed by atoms with Crippen molar-refractivity contribution < 1.29 is 13.2 Å². The van der Waals surface area contributed by atoms with Gasteiger partial charge in [-0.25, -0.2) is 8.42 Å². The zero-order chi connectivity index (χ0) is 23.6. The molecule has 178 valence electrons. The van der Waals surface area contributed by atoms with Crippen LogP contribution in [-0.2, 0) is 21.5 Å². The Labute approximate surface area is 205 Å². The molecule has 0 saturated carbocycles. The third-order valence-electron chi connectivity index (χ3n) is 6.02. The number of benzene rings is 2. The summed E-state index contributed by atoms with van der Waals surface area (Å²) < 4.78 is 34.7. The quantitative estimate of drug-likeness (QED) is 0.289. The molecule has 0 radical (unpaired) electrons. The molecule has 0 unspecified atom stereocenters. The van der Waals surface area contributed by atoms with E-state index in [9.17, 15) is 8.42 Å². The largest absolute Gasteiger partial charge is 0.358 e. The van der Waals surface area contributed by atoms with Crippen LogP contribution in [0, 0.1) is 0 Å². The van der Waals surface area contributed by atoms with E-state index in [1.165, 1.54) is 10.4 Å². The minimum atomic E-state index is -3.61. The van der Waals surface area contributed by atoms with Gasteiger partial charge in [-0.2, -0.15) is 14.2 Å². The average Bonchev–Trinajstić information content (AvgIpc) is 3.20. The summed E-state index contributed by atoms with van der Waals surface area (Å²) in [6.07, 6.45) is 1.63. The van der Waals surface area contributed by atoms with Crippen molar-refractivity contribution >= 4 is 45.1 Å². The molecule has 0 amide bonds. The normalized spacial score (nSPS) is 16.5. The van der Waals surface area contributed by atoms with Crippen molar-refractivity contribution in [2.45, 2.75) is 56.1 Å². The summed E-state index contributed by atoms with van der Waals surface area (Å²) in [6.45, 7) is 8.86. The molecule has 1 aliphatic heterocycles. The Kier molecular flexibility index (Phi) is 7.40. The van der Waals surface area contributed by atoms with Crippen molar-refractivity contribution in [2.24, 2.45) is 0 Å². The van der Waals surface area contributed by atoms with E-state index >= 15 is 0 Å². The Morgan fingerprint density at radius 1 is 1.09 bits per heavy atom. The number of hydrogen-bond donors (Lipinski definition) is 0. The van der Waals surface area contributed by atoms with Crippen molar-refractivity contribution in [3.8, 4) is 0 Å². The maximum absolute atomic E-state index is 13.4. The zero-order valence-corrected chi connectivity index (χ0v) is 22.8. The summed E-state index contributed by atoms with van der Waals surface area (Å²) in [5, 5.41) is 8.92. The monoisotopic (exact) mass is 550 g/mol. The standard InChI is InChI=1S/C23H31BrN4O3SSi/c1-33(2,3)14-13-31-17-28-25-22-16-20(15-21(24)23(22)26-28)32(29,30)27-11-9-19(10-12-27)18-7-5-4-6-8-18/h4-8,15-16,19H,9-14,17H2,1-3H3. The number of sulfonamides is 1. The minimum absolute atomic E-state index is 0.242. The molecule has 0 spiro atoms. The number of fused-ring (bicyclic) bond motifs is 1. The predicted molar refractivity (Wildman–Crippen MR) is 137 cm³/mol. The summed E-state index contributed by atoms with van der Waals surface area (Å²) in [6, 6.07) is 14.6. The predicted octanol–water partition coefficient (Wildman–Crippen LogP) is 5.07. The third-order valence-corrected chi connectivity index (χ3v) is 10.2. The molecule has 33 heavy (non-hydrogen) atoms. The van der Waals surface area contributed by atoms with Gasteiger partial charge in [-0.3, -0.25) is 0 Å². The number of halogens is 1. The van der Waals surface area contributed by atoms with Gasteiger partial charge in [0.05, 0.1) is 4.90 Å². The number of piperidine rings is 1. The van der Waals surface area contributed by atoms with Crippen molar-refractivity contribution in [2.75, 3.05) is 19.7 Å². The summed E-state index contributed by atoms with van der Waals surface area (Å²) in [4.78, 5) is 1.73. The SMILES string of the molecule is C[Si](C)(C)CCOCn1nc2cc(S(=O)(=O)N3CCC(c4ccccc4)CC3)cc(Br)c2n1. The Morgan fingerprint density at radius 3 is 2.45 bits per heavy atom. The van der Waals surface area contributed by atoms with Gasteiger partial charge in [-0.05, 0) is 58.4 Å². The van der Waals surface area contributed by atoms with Crippen LogP contribution in [0.2, 0.25) is 25.7 Å². The third kappa shape index (κ3) is 5.91. The van der Waals surface area contributed by atoms with Crippen LogP contribution in [0.5, 0.6) is 0 Å². The van der Waals surface area contributed by atoms with E-state index in [0.29, 0.717) is 41.1 Å². The number of rotatable bonds is 8. The van der Waals surface area contributed by atoms with E-state index in [1.54, 1.807) is 16.4 Å². The first kappa shape index (κ1) is 24.5. The molecular weight excluding hydrogens is 520 g/mol. The molecule has 2 heterocycles. The molecule has 0 aliphatic carbocycles. The summed E-state index contributed by atoms with van der Waals surface area (Å²) in [7, 11) is -4.77. The lowest BCUT2D eigenvalue weighted by atomic mass is 9.90. The maximum Gasteiger partial charge on any atom is 0.243 e. The molecule has 0 bridgehead atoms. The Bertz CT molecular complexity index is 1200. The molecule has 4 rings (SSSR count). The van der Waals surface area contributed by atoms with Crippen molar-refractivity contribution in [3.05, 3.63) is 52.5 Å². The molecular formula is C23H31BrN4O3SSi. The number of nitrogens with zero attached hydrogens (tertiary/aromatic N) is 4. The molecule has 1 saturated heterocycles. The highest BCUT2D eigenvalue weighted by Gasteiger charge is 2.31. The fourth-order valence-corrected chi connectivity index (χ4v) is 6.99. The van der Waals surface area contributed by atoms with Crippen LogP contribution in [0.4, 0.5) is 0 Å². The Morgan fingerprint density at radius 2 is 1.79 bits per heavy atom. The van der Waals surface area contributed by atoms with Gasteiger partial charge in [0, 0.05) is 32.2 Å². The second kappa shape index (κ2) is 9.95. The number of hydrogen-bond acceptors (Lipinski definition) is 5. The smallest absolute Gasteiger partial charge is 0.243 e. The van der Waals surface area contributed by atoms with Gasteiger partial charge in [0.1, 0.15) is 11.0 Å². The topological polar surface area (TPSA) is 77.3 Å². The van der Waals surface area contributed by atoms with Crippen LogP contribution >= 0.6 is 15.9 Å². The van der Waals surface area contributed by atoms with Crippen LogP contribution in [-0.4, -0.2) is 55.5 Å². The molecule has 2 aromatic carbocycles. The first-order chi connectivity index (χ1) is 15.6. The van der Waals surface area contributed by atoms with E-state index < -0.39 is 18.1 Å². The number of aromatic nitrogens is 3.